The van der Waals surface area contributed by atoms with Crippen molar-refractivity contribution in [3.05, 3.63) is 35.9 Å². The van der Waals surface area contributed by atoms with Crippen molar-refractivity contribution in [2.75, 3.05) is 7.11 Å². The van der Waals surface area contributed by atoms with Crippen LogP contribution in [0.25, 0.3) is 0 Å². The molecule has 1 heterocycles. The van der Waals surface area contributed by atoms with Crippen LogP contribution in [-0.2, 0) is 20.8 Å². The molecular weight excluding hydrogens is 316 g/mol. The number of esters is 1. The van der Waals surface area contributed by atoms with Gasteiger partial charge >= 0.3 is 5.97 Å². The Morgan fingerprint density at radius 1 is 1.39 bits per heavy atom. The number of carbonyl (C=O) groups is 1. The summed E-state index contributed by atoms with van der Waals surface area (Å²) in [6, 6.07) is 9.52. The Morgan fingerprint density at radius 2 is 2.04 bits per heavy atom. The van der Waals surface area contributed by atoms with Gasteiger partial charge in [-0.2, -0.15) is 0 Å². The Hall–Kier alpha value is -1.59. The number of oxime groups is 1. The first kappa shape index (κ1) is 19.5. The van der Waals surface area contributed by atoms with Gasteiger partial charge in [-0.3, -0.25) is 0 Å². The minimum Gasteiger partial charge on any atom is -0.466 e. The largest absolute Gasteiger partial charge is 0.466 e. The third-order valence-corrected chi connectivity index (χ3v) is 3.85. The molecule has 5 nitrogen and oxygen atoms in total. The fourth-order valence-corrected chi connectivity index (χ4v) is 2.73. The number of halogens is 1. The summed E-state index contributed by atoms with van der Waals surface area (Å²) >= 11 is 0. The summed E-state index contributed by atoms with van der Waals surface area (Å²) in [5.41, 5.74) is 6.81. The smallest absolute Gasteiger partial charge is 0.353 e. The lowest BCUT2D eigenvalue weighted by Crippen LogP contribution is -2.44. The Morgan fingerprint density at radius 3 is 2.61 bits per heavy atom. The summed E-state index contributed by atoms with van der Waals surface area (Å²) < 4.78 is 4.94. The molecule has 0 amide bonds. The van der Waals surface area contributed by atoms with Gasteiger partial charge in [-0.1, -0.05) is 49.3 Å². The molecule has 0 aliphatic carbocycles. The zero-order valence-electron chi connectivity index (χ0n) is 13.8. The number of hydrogen-bond donors (Lipinski definition) is 1. The van der Waals surface area contributed by atoms with Crippen LogP contribution in [0.5, 0.6) is 0 Å². The second-order valence-electron chi connectivity index (χ2n) is 6.23. The fraction of sp³-hybridized carbons (Fsp3) is 0.529. The number of methoxy groups -OCH3 is 1. The average molecular weight is 341 g/mol. The number of hydrogen-bond acceptors (Lipinski definition) is 5. The van der Waals surface area contributed by atoms with Gasteiger partial charge in [0.1, 0.15) is 0 Å². The predicted molar refractivity (Wildman–Crippen MR) is 92.7 cm³/mol. The van der Waals surface area contributed by atoms with E-state index < -0.39 is 11.6 Å². The molecule has 0 saturated carbocycles. The van der Waals surface area contributed by atoms with Crippen molar-refractivity contribution in [1.82, 2.24) is 0 Å². The summed E-state index contributed by atoms with van der Waals surface area (Å²) in [5, 5.41) is 4.10. The standard InChI is InChI=1S/C17H24N2O3.ClH/c1-12(2)9-14(18)15-11-17(22-19-15,16(20)21-3)10-13-7-5-4-6-8-13;/h4-8,12,14H,9-11,18H2,1-3H3;1H/t14-,17?;/m0./s1. The van der Waals surface area contributed by atoms with Crippen LogP contribution in [0.3, 0.4) is 0 Å². The number of rotatable bonds is 6. The van der Waals surface area contributed by atoms with E-state index in [2.05, 4.69) is 19.0 Å². The van der Waals surface area contributed by atoms with E-state index in [1.807, 2.05) is 30.3 Å². The molecule has 2 atom stereocenters. The molecule has 0 bridgehead atoms. The van der Waals surface area contributed by atoms with Crippen molar-refractivity contribution >= 4 is 24.1 Å². The van der Waals surface area contributed by atoms with Crippen molar-refractivity contribution in [3.63, 3.8) is 0 Å². The van der Waals surface area contributed by atoms with Gasteiger partial charge in [-0.15, -0.1) is 12.4 Å². The normalized spacial score (nSPS) is 21.2. The lowest BCUT2D eigenvalue weighted by atomic mass is 9.86. The van der Waals surface area contributed by atoms with Gasteiger partial charge in [0, 0.05) is 18.9 Å². The van der Waals surface area contributed by atoms with Crippen LogP contribution in [0.4, 0.5) is 0 Å². The molecule has 0 radical (unpaired) electrons. The van der Waals surface area contributed by atoms with E-state index in [1.165, 1.54) is 7.11 Å². The highest BCUT2D eigenvalue weighted by molar-refractivity contribution is 5.96. The molecule has 128 valence electrons. The molecule has 0 spiro atoms. The number of nitrogens with zero attached hydrogens (tertiary/aromatic N) is 1. The summed E-state index contributed by atoms with van der Waals surface area (Å²) in [6.07, 6.45) is 1.61. The van der Waals surface area contributed by atoms with Crippen molar-refractivity contribution in [3.8, 4) is 0 Å². The first-order valence-electron chi connectivity index (χ1n) is 7.59. The van der Waals surface area contributed by atoms with Gasteiger partial charge in [-0.05, 0) is 17.9 Å². The maximum absolute atomic E-state index is 12.3. The minimum atomic E-state index is -1.10. The Bertz CT molecular complexity index is 548. The Balaban J connectivity index is 0.00000264. The molecule has 0 aromatic heterocycles. The van der Waals surface area contributed by atoms with E-state index in [0.29, 0.717) is 18.8 Å². The monoisotopic (exact) mass is 340 g/mol. The zero-order valence-corrected chi connectivity index (χ0v) is 14.6. The predicted octanol–water partition coefficient (Wildman–Crippen LogP) is 2.71. The quantitative estimate of drug-likeness (QED) is 0.808. The summed E-state index contributed by atoms with van der Waals surface area (Å²) in [4.78, 5) is 17.8. The van der Waals surface area contributed by atoms with Crippen LogP contribution in [0, 0.1) is 5.92 Å². The minimum absolute atomic E-state index is 0. The van der Waals surface area contributed by atoms with Crippen LogP contribution >= 0.6 is 12.4 Å². The molecule has 1 aromatic rings. The molecule has 1 aliphatic rings. The summed E-state index contributed by atoms with van der Waals surface area (Å²) in [6.45, 7) is 4.21. The summed E-state index contributed by atoms with van der Waals surface area (Å²) in [7, 11) is 1.37. The number of benzene rings is 1. The van der Waals surface area contributed by atoms with E-state index >= 15 is 0 Å². The lowest BCUT2D eigenvalue weighted by Gasteiger charge is -2.24. The number of carbonyl (C=O) groups excluding carboxylic acids is 1. The van der Waals surface area contributed by atoms with E-state index in [-0.39, 0.29) is 18.4 Å². The van der Waals surface area contributed by atoms with Gasteiger partial charge in [0.15, 0.2) is 0 Å². The first-order valence-corrected chi connectivity index (χ1v) is 7.59. The topological polar surface area (TPSA) is 73.9 Å². The SMILES string of the molecule is COC(=O)C1(Cc2ccccc2)CC([C@@H](N)CC(C)C)=NO1.Cl. The first-order chi connectivity index (χ1) is 10.5. The molecule has 1 unspecified atom stereocenters. The van der Waals surface area contributed by atoms with Crippen LogP contribution in [0.1, 0.15) is 32.3 Å². The second-order valence-corrected chi connectivity index (χ2v) is 6.23. The maximum Gasteiger partial charge on any atom is 0.353 e. The van der Waals surface area contributed by atoms with Gasteiger partial charge in [0.25, 0.3) is 0 Å². The van der Waals surface area contributed by atoms with Crippen molar-refractivity contribution in [1.29, 1.82) is 0 Å². The third-order valence-electron chi connectivity index (χ3n) is 3.85. The van der Waals surface area contributed by atoms with Gasteiger partial charge in [0.2, 0.25) is 5.60 Å². The third kappa shape index (κ3) is 4.69. The van der Waals surface area contributed by atoms with Gasteiger partial charge in [-0.25, -0.2) is 4.79 Å². The molecule has 1 aromatic carbocycles. The molecule has 1 aliphatic heterocycles. The molecule has 2 N–H and O–H groups in total. The molecule has 6 heteroatoms. The summed E-state index contributed by atoms with van der Waals surface area (Å²) in [5.74, 6) is 0.0480. The van der Waals surface area contributed by atoms with Crippen LogP contribution < -0.4 is 5.73 Å². The van der Waals surface area contributed by atoms with Crippen molar-refractivity contribution < 1.29 is 14.4 Å². The number of nitrogens with two attached hydrogens (primary N) is 1. The fourth-order valence-electron chi connectivity index (χ4n) is 2.73. The molecule has 0 fully saturated rings. The van der Waals surface area contributed by atoms with E-state index in [9.17, 15) is 4.79 Å². The average Bonchev–Trinajstić information content (AvgIpc) is 2.92. The van der Waals surface area contributed by atoms with Crippen molar-refractivity contribution in [2.24, 2.45) is 16.8 Å². The highest BCUT2D eigenvalue weighted by atomic mass is 35.5. The molecule has 0 saturated heterocycles. The lowest BCUT2D eigenvalue weighted by molar-refractivity contribution is -0.166. The highest BCUT2D eigenvalue weighted by Crippen LogP contribution is 2.31. The highest BCUT2D eigenvalue weighted by Gasteiger charge is 2.48. The van der Waals surface area contributed by atoms with Gasteiger partial charge < -0.3 is 15.3 Å². The second kappa shape index (κ2) is 8.31. The number of ether oxygens (including phenoxy) is 1. The Kier molecular flexibility index (Phi) is 7.03. The maximum atomic E-state index is 12.3. The van der Waals surface area contributed by atoms with Gasteiger partial charge in [0.05, 0.1) is 12.8 Å². The molecule has 2 rings (SSSR count). The molecular formula is C17H25ClN2O3. The van der Waals surface area contributed by atoms with E-state index in [0.717, 1.165) is 17.7 Å². The van der Waals surface area contributed by atoms with Crippen LogP contribution in [0.15, 0.2) is 35.5 Å². The Labute approximate surface area is 143 Å². The van der Waals surface area contributed by atoms with Crippen LogP contribution in [-0.4, -0.2) is 30.4 Å². The van der Waals surface area contributed by atoms with Crippen molar-refractivity contribution in [2.45, 2.75) is 44.8 Å². The molecule has 23 heavy (non-hydrogen) atoms. The van der Waals surface area contributed by atoms with E-state index in [4.69, 9.17) is 15.3 Å². The zero-order chi connectivity index (χ0) is 16.2. The van der Waals surface area contributed by atoms with E-state index in [1.54, 1.807) is 0 Å². The van der Waals surface area contributed by atoms with Crippen LogP contribution in [0.2, 0.25) is 0 Å².